The first-order chi connectivity index (χ1) is 11.3. The Kier molecular flexibility index (Phi) is 3.56. The summed E-state index contributed by atoms with van der Waals surface area (Å²) >= 11 is 0. The molecule has 2 aromatic carbocycles. The van der Waals surface area contributed by atoms with E-state index >= 15 is 0 Å². The maximum Gasteiger partial charge on any atom is 0.140 e. The number of carbonyl (C=O) groups is 1. The van der Waals surface area contributed by atoms with E-state index in [1.165, 1.54) is 5.56 Å². The molecule has 0 saturated heterocycles. The topological polar surface area (TPSA) is 38.3 Å². The lowest BCUT2D eigenvalue weighted by atomic mass is 9.67. The van der Waals surface area contributed by atoms with Crippen LogP contribution in [0.4, 0.5) is 5.69 Å². The van der Waals surface area contributed by atoms with Crippen LogP contribution in [0.5, 0.6) is 5.75 Å². The van der Waals surface area contributed by atoms with E-state index in [-0.39, 0.29) is 12.0 Å². The first-order valence-electron chi connectivity index (χ1n) is 8.30. The number of rotatable bonds is 2. The fraction of sp³-hybridized carbons (Fsp3) is 0.350. The first-order valence-corrected chi connectivity index (χ1v) is 8.30. The molecule has 0 aromatic heterocycles. The van der Waals surface area contributed by atoms with Crippen LogP contribution in [0.2, 0.25) is 0 Å². The average Bonchev–Trinajstić information content (AvgIpc) is 2.61. The molecular weight excluding hydrogens is 286 g/mol. The molecule has 1 fully saturated rings. The van der Waals surface area contributed by atoms with Crippen molar-refractivity contribution in [3.63, 3.8) is 0 Å². The van der Waals surface area contributed by atoms with E-state index in [4.69, 9.17) is 4.74 Å². The third kappa shape index (κ3) is 2.40. The van der Waals surface area contributed by atoms with E-state index in [9.17, 15) is 4.79 Å². The third-order valence-corrected chi connectivity index (χ3v) is 5.23. The van der Waals surface area contributed by atoms with Crippen molar-refractivity contribution in [3.05, 3.63) is 59.7 Å². The van der Waals surface area contributed by atoms with Crippen LogP contribution in [-0.4, -0.2) is 12.9 Å². The smallest absolute Gasteiger partial charge is 0.140 e. The number of benzene rings is 2. The van der Waals surface area contributed by atoms with Crippen molar-refractivity contribution in [2.24, 2.45) is 5.92 Å². The molecule has 3 atom stereocenters. The van der Waals surface area contributed by atoms with Gasteiger partial charge in [-0.2, -0.15) is 0 Å². The van der Waals surface area contributed by atoms with Gasteiger partial charge in [0.05, 0.1) is 13.2 Å². The van der Waals surface area contributed by atoms with Crippen molar-refractivity contribution < 1.29 is 9.53 Å². The molecule has 0 radical (unpaired) electrons. The van der Waals surface area contributed by atoms with Crippen molar-refractivity contribution in [1.29, 1.82) is 0 Å². The second-order valence-electron chi connectivity index (χ2n) is 6.49. The number of anilines is 1. The highest BCUT2D eigenvalue weighted by Crippen LogP contribution is 2.50. The Balaban J connectivity index is 1.82. The number of Topliss-reactive ketones (excluding diaryl/α,β-unsaturated/α-hetero) is 1. The quantitative estimate of drug-likeness (QED) is 0.898. The summed E-state index contributed by atoms with van der Waals surface area (Å²) in [6.45, 7) is 0. The summed E-state index contributed by atoms with van der Waals surface area (Å²) in [5, 5.41) is 3.68. The zero-order valence-electron chi connectivity index (χ0n) is 13.3. The van der Waals surface area contributed by atoms with Crippen LogP contribution in [-0.2, 0) is 4.79 Å². The predicted molar refractivity (Wildman–Crippen MR) is 90.9 cm³/mol. The Morgan fingerprint density at radius 1 is 1.13 bits per heavy atom. The highest BCUT2D eigenvalue weighted by atomic mass is 16.5. The number of ether oxygens (including phenoxy) is 1. The van der Waals surface area contributed by atoms with Gasteiger partial charge >= 0.3 is 0 Å². The minimum absolute atomic E-state index is 0.0136. The Morgan fingerprint density at radius 2 is 1.96 bits per heavy atom. The van der Waals surface area contributed by atoms with Crippen molar-refractivity contribution in [2.45, 2.75) is 31.2 Å². The van der Waals surface area contributed by atoms with Crippen LogP contribution in [0.3, 0.4) is 0 Å². The lowest BCUT2D eigenvalue weighted by Gasteiger charge is -2.43. The Hall–Kier alpha value is -2.29. The molecule has 2 aromatic rings. The van der Waals surface area contributed by atoms with Crippen LogP contribution >= 0.6 is 0 Å². The highest BCUT2D eigenvalue weighted by molar-refractivity contribution is 5.89. The standard InChI is InChI=1S/C20H21NO2/c1-23-14-10-11-17-16(12-14)19-15(8-5-9-18(19)22)20(21-17)13-6-3-2-4-7-13/h2-4,6-7,10-12,15,19-21H,5,8-9H2,1H3/t15-,19+,20+/m0/s1. The normalized spacial score (nSPS) is 26.0. The molecule has 1 N–H and O–H groups in total. The fourth-order valence-corrected chi connectivity index (χ4v) is 4.16. The van der Waals surface area contributed by atoms with Gasteiger partial charge in [-0.3, -0.25) is 4.79 Å². The molecule has 3 nitrogen and oxygen atoms in total. The molecule has 23 heavy (non-hydrogen) atoms. The molecule has 0 unspecified atom stereocenters. The zero-order chi connectivity index (χ0) is 15.8. The summed E-state index contributed by atoms with van der Waals surface area (Å²) in [6, 6.07) is 16.7. The van der Waals surface area contributed by atoms with Crippen molar-refractivity contribution >= 4 is 11.5 Å². The SMILES string of the molecule is COc1ccc2c(c1)[C@@H]1C(=O)CCC[C@@H]1[C@@H](c1ccccc1)N2. The second kappa shape index (κ2) is 5.73. The maximum atomic E-state index is 12.7. The maximum absolute atomic E-state index is 12.7. The van der Waals surface area contributed by atoms with E-state index in [0.29, 0.717) is 18.1 Å². The van der Waals surface area contributed by atoms with Gasteiger partial charge in [0.2, 0.25) is 0 Å². The van der Waals surface area contributed by atoms with Gasteiger partial charge in [-0.15, -0.1) is 0 Å². The van der Waals surface area contributed by atoms with E-state index < -0.39 is 0 Å². The molecule has 1 aliphatic heterocycles. The number of carbonyl (C=O) groups excluding carboxylic acids is 1. The van der Waals surface area contributed by atoms with Gasteiger partial charge in [-0.25, -0.2) is 0 Å². The number of nitrogens with one attached hydrogen (secondary N) is 1. The number of fused-ring (bicyclic) bond motifs is 3. The fourth-order valence-electron chi connectivity index (χ4n) is 4.16. The Bertz CT molecular complexity index is 726. The highest BCUT2D eigenvalue weighted by Gasteiger charge is 2.42. The number of ketones is 1. The zero-order valence-corrected chi connectivity index (χ0v) is 13.3. The molecule has 118 valence electrons. The molecule has 4 rings (SSSR count). The van der Waals surface area contributed by atoms with Gasteiger partial charge in [0, 0.05) is 18.0 Å². The van der Waals surface area contributed by atoms with Crippen molar-refractivity contribution in [1.82, 2.24) is 0 Å². The molecule has 3 heteroatoms. The summed E-state index contributed by atoms with van der Waals surface area (Å²) in [7, 11) is 1.67. The predicted octanol–water partition coefficient (Wildman–Crippen LogP) is 4.31. The Labute approximate surface area is 136 Å². The van der Waals surface area contributed by atoms with Crippen LogP contribution in [0.15, 0.2) is 48.5 Å². The van der Waals surface area contributed by atoms with Gasteiger partial charge in [-0.05, 0) is 48.1 Å². The Morgan fingerprint density at radius 3 is 2.74 bits per heavy atom. The first kappa shape index (κ1) is 14.3. The number of hydrogen-bond donors (Lipinski definition) is 1. The molecule has 1 aliphatic carbocycles. The molecular formula is C20H21NO2. The monoisotopic (exact) mass is 307 g/mol. The van der Waals surface area contributed by atoms with E-state index in [1.807, 2.05) is 24.3 Å². The van der Waals surface area contributed by atoms with Crippen LogP contribution in [0.1, 0.15) is 42.3 Å². The summed E-state index contributed by atoms with van der Waals surface area (Å²) in [5.41, 5.74) is 3.43. The van der Waals surface area contributed by atoms with Gasteiger partial charge in [0.15, 0.2) is 0 Å². The van der Waals surface area contributed by atoms with Gasteiger partial charge in [0.1, 0.15) is 11.5 Å². The minimum Gasteiger partial charge on any atom is -0.497 e. The molecule has 1 heterocycles. The van der Waals surface area contributed by atoms with Crippen molar-refractivity contribution in [3.8, 4) is 5.75 Å². The van der Waals surface area contributed by atoms with E-state index in [2.05, 4.69) is 29.6 Å². The van der Waals surface area contributed by atoms with Crippen LogP contribution in [0.25, 0.3) is 0 Å². The van der Waals surface area contributed by atoms with Crippen LogP contribution in [0, 0.1) is 5.92 Å². The average molecular weight is 307 g/mol. The van der Waals surface area contributed by atoms with E-state index in [1.54, 1.807) is 7.11 Å². The van der Waals surface area contributed by atoms with Crippen molar-refractivity contribution in [2.75, 3.05) is 12.4 Å². The van der Waals surface area contributed by atoms with Gasteiger partial charge < -0.3 is 10.1 Å². The second-order valence-corrected chi connectivity index (χ2v) is 6.49. The molecule has 0 amide bonds. The third-order valence-electron chi connectivity index (χ3n) is 5.23. The lowest BCUT2D eigenvalue weighted by molar-refractivity contribution is -0.123. The largest absolute Gasteiger partial charge is 0.497 e. The number of hydrogen-bond acceptors (Lipinski definition) is 3. The summed E-state index contributed by atoms with van der Waals surface area (Å²) < 4.78 is 5.37. The summed E-state index contributed by atoms with van der Waals surface area (Å²) in [5.74, 6) is 1.50. The van der Waals surface area contributed by atoms with E-state index in [0.717, 1.165) is 29.8 Å². The lowest BCUT2D eigenvalue weighted by Crippen LogP contribution is -2.38. The van der Waals surface area contributed by atoms with Gasteiger partial charge in [0.25, 0.3) is 0 Å². The molecule has 0 bridgehead atoms. The van der Waals surface area contributed by atoms with Crippen LogP contribution < -0.4 is 10.1 Å². The molecule has 1 saturated carbocycles. The summed E-state index contributed by atoms with van der Waals surface area (Å²) in [6.07, 6.45) is 2.77. The molecule has 0 spiro atoms. The summed E-state index contributed by atoms with van der Waals surface area (Å²) in [4.78, 5) is 12.7. The molecule has 2 aliphatic rings. The number of methoxy groups -OCH3 is 1. The minimum atomic E-state index is -0.0136. The van der Waals surface area contributed by atoms with Gasteiger partial charge in [-0.1, -0.05) is 30.3 Å².